The maximum Gasteiger partial charge on any atom is 0.0485 e. The lowest BCUT2D eigenvalue weighted by atomic mass is 9.87. The van der Waals surface area contributed by atoms with E-state index in [0.717, 1.165) is 26.1 Å². The van der Waals surface area contributed by atoms with Crippen LogP contribution in [0.5, 0.6) is 0 Å². The summed E-state index contributed by atoms with van der Waals surface area (Å²) in [7, 11) is 2.20. The second-order valence-electron chi connectivity index (χ2n) is 6.25. The van der Waals surface area contributed by atoms with Crippen molar-refractivity contribution in [2.24, 2.45) is 0 Å². The molecule has 1 aromatic carbocycles. The van der Waals surface area contributed by atoms with E-state index >= 15 is 0 Å². The molecule has 0 N–H and O–H groups in total. The van der Waals surface area contributed by atoms with E-state index in [4.69, 9.17) is 4.74 Å². The van der Waals surface area contributed by atoms with Gasteiger partial charge in [0.15, 0.2) is 0 Å². The highest BCUT2D eigenvalue weighted by Gasteiger charge is 2.19. The normalized spacial score (nSPS) is 17.8. The summed E-state index contributed by atoms with van der Waals surface area (Å²) >= 11 is 0. The number of anilines is 1. The molecule has 100 valence electrons. The molecule has 1 fully saturated rings. The van der Waals surface area contributed by atoms with Crippen LogP contribution in [0.2, 0.25) is 0 Å². The molecule has 0 unspecified atom stereocenters. The summed E-state index contributed by atoms with van der Waals surface area (Å²) < 4.78 is 5.42. The average molecular weight is 247 g/mol. The Balaban J connectivity index is 2.09. The Morgan fingerprint density at radius 1 is 1.06 bits per heavy atom. The third-order valence-corrected chi connectivity index (χ3v) is 3.88. The molecule has 0 amide bonds. The lowest BCUT2D eigenvalue weighted by Crippen LogP contribution is -2.36. The standard InChI is InChI=1S/C16H25NO/c1-16(2,3)13-5-7-14(8-6-13)17(4)15-9-11-18-12-10-15/h5-8,15H,9-12H2,1-4H3. The van der Waals surface area contributed by atoms with Gasteiger partial charge in [-0.25, -0.2) is 0 Å². The molecule has 2 heteroatoms. The van der Waals surface area contributed by atoms with Gasteiger partial charge in [-0.2, -0.15) is 0 Å². The molecular weight excluding hydrogens is 222 g/mol. The topological polar surface area (TPSA) is 12.5 Å². The minimum absolute atomic E-state index is 0.232. The van der Waals surface area contributed by atoms with Crippen LogP contribution in [0.1, 0.15) is 39.2 Å². The van der Waals surface area contributed by atoms with Crippen LogP contribution in [0, 0.1) is 0 Å². The number of benzene rings is 1. The smallest absolute Gasteiger partial charge is 0.0485 e. The highest BCUT2D eigenvalue weighted by molar-refractivity contribution is 5.48. The van der Waals surface area contributed by atoms with Crippen LogP contribution >= 0.6 is 0 Å². The van der Waals surface area contributed by atoms with Crippen LogP contribution in [-0.4, -0.2) is 26.3 Å². The van der Waals surface area contributed by atoms with E-state index < -0.39 is 0 Å². The number of nitrogens with zero attached hydrogens (tertiary/aromatic N) is 1. The molecule has 2 nitrogen and oxygen atoms in total. The molecule has 0 spiro atoms. The Hall–Kier alpha value is -1.02. The molecule has 0 aliphatic carbocycles. The van der Waals surface area contributed by atoms with E-state index in [-0.39, 0.29) is 5.41 Å². The van der Waals surface area contributed by atoms with Crippen molar-refractivity contribution in [1.82, 2.24) is 0 Å². The molecule has 0 radical (unpaired) electrons. The minimum Gasteiger partial charge on any atom is -0.381 e. The first-order valence-corrected chi connectivity index (χ1v) is 6.89. The van der Waals surface area contributed by atoms with Gasteiger partial charge in [-0.1, -0.05) is 32.9 Å². The molecule has 0 aromatic heterocycles. The minimum atomic E-state index is 0.232. The Morgan fingerprint density at radius 3 is 2.11 bits per heavy atom. The van der Waals surface area contributed by atoms with Crippen LogP contribution in [-0.2, 0) is 10.2 Å². The maximum atomic E-state index is 5.42. The van der Waals surface area contributed by atoms with E-state index in [9.17, 15) is 0 Å². The van der Waals surface area contributed by atoms with Gasteiger partial charge in [0.05, 0.1) is 0 Å². The molecule has 0 bridgehead atoms. The fourth-order valence-corrected chi connectivity index (χ4v) is 2.48. The van der Waals surface area contributed by atoms with E-state index in [0.29, 0.717) is 6.04 Å². The largest absolute Gasteiger partial charge is 0.381 e. The van der Waals surface area contributed by atoms with Crippen LogP contribution in [0.25, 0.3) is 0 Å². The molecule has 0 atom stereocenters. The number of hydrogen-bond acceptors (Lipinski definition) is 2. The van der Waals surface area contributed by atoms with E-state index in [1.54, 1.807) is 0 Å². The zero-order valence-electron chi connectivity index (χ0n) is 12.1. The summed E-state index contributed by atoms with van der Waals surface area (Å²) in [6.07, 6.45) is 2.27. The predicted octanol–water partition coefficient (Wildman–Crippen LogP) is 3.60. The zero-order chi connectivity index (χ0) is 13.2. The molecule has 1 aromatic rings. The second kappa shape index (κ2) is 5.31. The van der Waals surface area contributed by atoms with Crippen molar-refractivity contribution >= 4 is 5.69 Å². The first kappa shape index (κ1) is 13.4. The van der Waals surface area contributed by atoms with Crippen molar-refractivity contribution in [1.29, 1.82) is 0 Å². The second-order valence-corrected chi connectivity index (χ2v) is 6.25. The van der Waals surface area contributed by atoms with Gasteiger partial charge in [-0.3, -0.25) is 0 Å². The highest BCUT2D eigenvalue weighted by Crippen LogP contribution is 2.26. The van der Waals surface area contributed by atoms with Crippen LogP contribution in [0.15, 0.2) is 24.3 Å². The molecule has 18 heavy (non-hydrogen) atoms. The lowest BCUT2D eigenvalue weighted by Gasteiger charge is -2.33. The van der Waals surface area contributed by atoms with Crippen LogP contribution in [0.4, 0.5) is 5.69 Å². The summed E-state index contributed by atoms with van der Waals surface area (Å²) in [6, 6.07) is 9.63. The third kappa shape index (κ3) is 3.05. The van der Waals surface area contributed by atoms with Gasteiger partial charge in [0.1, 0.15) is 0 Å². The van der Waals surface area contributed by atoms with Crippen LogP contribution in [0.3, 0.4) is 0 Å². The van der Waals surface area contributed by atoms with Crippen molar-refractivity contribution in [3.05, 3.63) is 29.8 Å². The lowest BCUT2D eigenvalue weighted by molar-refractivity contribution is 0.0855. The number of rotatable bonds is 2. The summed E-state index contributed by atoms with van der Waals surface area (Å²) in [6.45, 7) is 8.56. The Labute approximate surface area is 111 Å². The van der Waals surface area contributed by atoms with Crippen molar-refractivity contribution in [2.75, 3.05) is 25.2 Å². The molecule has 1 aliphatic rings. The molecule has 1 aliphatic heterocycles. The van der Waals surface area contributed by atoms with Crippen molar-refractivity contribution in [2.45, 2.75) is 45.1 Å². The van der Waals surface area contributed by atoms with Crippen LogP contribution < -0.4 is 4.90 Å². The van der Waals surface area contributed by atoms with Gasteiger partial charge in [0, 0.05) is 32.0 Å². The molecule has 1 heterocycles. The molecule has 2 rings (SSSR count). The first-order chi connectivity index (χ1) is 8.48. The van der Waals surface area contributed by atoms with Gasteiger partial charge in [-0.05, 0) is 36.0 Å². The third-order valence-electron chi connectivity index (χ3n) is 3.88. The summed E-state index contributed by atoms with van der Waals surface area (Å²) in [5.41, 5.74) is 2.94. The van der Waals surface area contributed by atoms with Gasteiger partial charge >= 0.3 is 0 Å². The van der Waals surface area contributed by atoms with Crippen molar-refractivity contribution in [3.8, 4) is 0 Å². The van der Waals surface area contributed by atoms with E-state index in [2.05, 4.69) is 57.0 Å². The quantitative estimate of drug-likeness (QED) is 0.791. The predicted molar refractivity (Wildman–Crippen MR) is 77.4 cm³/mol. The monoisotopic (exact) mass is 247 g/mol. The molecule has 0 saturated carbocycles. The van der Waals surface area contributed by atoms with Gasteiger partial charge < -0.3 is 9.64 Å². The fraction of sp³-hybridized carbons (Fsp3) is 0.625. The average Bonchev–Trinajstić information content (AvgIpc) is 2.38. The van der Waals surface area contributed by atoms with Gasteiger partial charge in [-0.15, -0.1) is 0 Å². The molecule has 1 saturated heterocycles. The Morgan fingerprint density at radius 2 is 1.61 bits per heavy atom. The van der Waals surface area contributed by atoms with Gasteiger partial charge in [0.25, 0.3) is 0 Å². The zero-order valence-corrected chi connectivity index (χ0v) is 12.1. The summed E-state index contributed by atoms with van der Waals surface area (Å²) in [4.78, 5) is 2.40. The number of hydrogen-bond donors (Lipinski definition) is 0. The first-order valence-electron chi connectivity index (χ1n) is 6.89. The van der Waals surface area contributed by atoms with E-state index in [1.807, 2.05) is 0 Å². The summed E-state index contributed by atoms with van der Waals surface area (Å²) in [5, 5.41) is 0. The molecular formula is C16H25NO. The van der Waals surface area contributed by atoms with E-state index in [1.165, 1.54) is 11.3 Å². The van der Waals surface area contributed by atoms with Crippen molar-refractivity contribution in [3.63, 3.8) is 0 Å². The maximum absolute atomic E-state index is 5.42. The Kier molecular flexibility index (Phi) is 3.96. The SMILES string of the molecule is CN(c1ccc(C(C)(C)C)cc1)C1CCOCC1. The number of ether oxygens (including phenoxy) is 1. The summed E-state index contributed by atoms with van der Waals surface area (Å²) in [5.74, 6) is 0. The van der Waals surface area contributed by atoms with Crippen molar-refractivity contribution < 1.29 is 4.74 Å². The fourth-order valence-electron chi connectivity index (χ4n) is 2.48. The van der Waals surface area contributed by atoms with Gasteiger partial charge in [0.2, 0.25) is 0 Å². The highest BCUT2D eigenvalue weighted by atomic mass is 16.5. The Bertz CT molecular complexity index is 371.